The predicted octanol–water partition coefficient (Wildman–Crippen LogP) is 3.06. The number of nitrogens with one attached hydrogen (secondary N) is 1. The zero-order valence-corrected chi connectivity index (χ0v) is 13.1. The fourth-order valence-corrected chi connectivity index (χ4v) is 2.89. The van der Waals surface area contributed by atoms with Crippen LogP contribution in [0.4, 0.5) is 10.1 Å². The van der Waals surface area contributed by atoms with E-state index in [1.54, 1.807) is 0 Å². The van der Waals surface area contributed by atoms with Gasteiger partial charge >= 0.3 is 0 Å². The van der Waals surface area contributed by atoms with Crippen molar-refractivity contribution in [2.24, 2.45) is 5.92 Å². The van der Waals surface area contributed by atoms with Gasteiger partial charge in [0.1, 0.15) is 5.82 Å². The lowest BCUT2D eigenvalue weighted by molar-refractivity contribution is 0.177. The molecule has 1 aromatic rings. The topological polar surface area (TPSA) is 24.5 Å². The molecule has 21 heavy (non-hydrogen) atoms. The average Bonchev–Trinajstić information content (AvgIpc) is 3.03. The SMILES string of the molecule is CCCNC(CN(CC)c1ccc(F)cc1)C1CCOC1. The van der Waals surface area contributed by atoms with E-state index < -0.39 is 0 Å². The summed E-state index contributed by atoms with van der Waals surface area (Å²) in [5.41, 5.74) is 1.08. The van der Waals surface area contributed by atoms with Crippen LogP contribution < -0.4 is 10.2 Å². The van der Waals surface area contributed by atoms with Gasteiger partial charge in [-0.3, -0.25) is 0 Å². The summed E-state index contributed by atoms with van der Waals surface area (Å²) in [6.45, 7) is 8.94. The van der Waals surface area contributed by atoms with Crippen molar-refractivity contribution in [3.8, 4) is 0 Å². The van der Waals surface area contributed by atoms with E-state index in [1.165, 1.54) is 12.1 Å². The summed E-state index contributed by atoms with van der Waals surface area (Å²) in [6, 6.07) is 7.22. The molecular weight excluding hydrogens is 267 g/mol. The molecule has 4 heteroatoms. The first-order valence-electron chi connectivity index (χ1n) is 8.06. The second-order valence-corrected chi connectivity index (χ2v) is 5.70. The van der Waals surface area contributed by atoms with E-state index in [4.69, 9.17) is 4.74 Å². The monoisotopic (exact) mass is 294 g/mol. The molecule has 2 unspecified atom stereocenters. The zero-order chi connectivity index (χ0) is 15.1. The van der Waals surface area contributed by atoms with Gasteiger partial charge in [0.25, 0.3) is 0 Å². The summed E-state index contributed by atoms with van der Waals surface area (Å²) in [5, 5.41) is 3.66. The highest BCUT2D eigenvalue weighted by atomic mass is 19.1. The van der Waals surface area contributed by atoms with Gasteiger partial charge in [-0.25, -0.2) is 4.39 Å². The third-order valence-electron chi connectivity index (χ3n) is 4.18. The molecular formula is C17H27FN2O. The molecule has 1 N–H and O–H groups in total. The van der Waals surface area contributed by atoms with Crippen molar-refractivity contribution in [3.63, 3.8) is 0 Å². The predicted molar refractivity (Wildman–Crippen MR) is 85.3 cm³/mol. The minimum atomic E-state index is -0.181. The van der Waals surface area contributed by atoms with Gasteiger partial charge in [0.05, 0.1) is 6.61 Å². The molecule has 0 aromatic heterocycles. The maximum absolute atomic E-state index is 13.1. The lowest BCUT2D eigenvalue weighted by atomic mass is 9.98. The number of hydrogen-bond acceptors (Lipinski definition) is 3. The lowest BCUT2D eigenvalue weighted by Crippen LogP contribution is -2.46. The number of likely N-dealkylation sites (N-methyl/N-ethyl adjacent to an activating group) is 1. The summed E-state index contributed by atoms with van der Waals surface area (Å²) in [7, 11) is 0. The van der Waals surface area contributed by atoms with Crippen molar-refractivity contribution in [2.75, 3.05) is 37.7 Å². The van der Waals surface area contributed by atoms with E-state index >= 15 is 0 Å². The first-order chi connectivity index (χ1) is 10.2. The molecule has 1 fully saturated rings. The van der Waals surface area contributed by atoms with Gasteiger partial charge in [-0.15, -0.1) is 0 Å². The third kappa shape index (κ3) is 4.68. The highest BCUT2D eigenvalue weighted by molar-refractivity contribution is 5.46. The van der Waals surface area contributed by atoms with E-state index in [1.807, 2.05) is 12.1 Å². The van der Waals surface area contributed by atoms with Crippen molar-refractivity contribution in [1.29, 1.82) is 0 Å². The Labute approximate surface area is 127 Å². The Bertz CT molecular complexity index is 404. The van der Waals surface area contributed by atoms with E-state index in [0.29, 0.717) is 12.0 Å². The van der Waals surface area contributed by atoms with Gasteiger partial charge in [-0.05, 0) is 50.6 Å². The van der Waals surface area contributed by atoms with Crippen LogP contribution in [0.15, 0.2) is 24.3 Å². The molecule has 2 atom stereocenters. The van der Waals surface area contributed by atoms with Crippen LogP contribution in [0.25, 0.3) is 0 Å². The van der Waals surface area contributed by atoms with Crippen LogP contribution in [0.5, 0.6) is 0 Å². The summed E-state index contributed by atoms with van der Waals surface area (Å²) >= 11 is 0. The summed E-state index contributed by atoms with van der Waals surface area (Å²) in [5.74, 6) is 0.394. The van der Waals surface area contributed by atoms with Crippen molar-refractivity contribution < 1.29 is 9.13 Å². The molecule has 0 amide bonds. The molecule has 2 rings (SSSR count). The Morgan fingerprint density at radius 1 is 1.33 bits per heavy atom. The van der Waals surface area contributed by atoms with Crippen LogP contribution in [-0.2, 0) is 4.74 Å². The molecule has 0 aliphatic carbocycles. The minimum Gasteiger partial charge on any atom is -0.381 e. The smallest absolute Gasteiger partial charge is 0.123 e. The van der Waals surface area contributed by atoms with Crippen LogP contribution in [-0.4, -0.2) is 38.9 Å². The molecule has 118 valence electrons. The Hall–Kier alpha value is -1.13. The lowest BCUT2D eigenvalue weighted by Gasteiger charge is -2.32. The molecule has 1 saturated heterocycles. The Kier molecular flexibility index (Phi) is 6.46. The molecule has 3 nitrogen and oxygen atoms in total. The molecule has 0 radical (unpaired) electrons. The molecule has 1 aliphatic rings. The largest absolute Gasteiger partial charge is 0.381 e. The standard InChI is InChI=1S/C17H27FN2O/c1-3-10-19-17(14-9-11-21-13-14)12-20(4-2)16-7-5-15(18)6-8-16/h5-8,14,17,19H,3-4,9-13H2,1-2H3. The van der Waals surface area contributed by atoms with Crippen LogP contribution >= 0.6 is 0 Å². The van der Waals surface area contributed by atoms with Crippen LogP contribution in [0.2, 0.25) is 0 Å². The number of anilines is 1. The highest BCUT2D eigenvalue weighted by Gasteiger charge is 2.26. The first kappa shape index (κ1) is 16.2. The van der Waals surface area contributed by atoms with Crippen LogP contribution in [0.3, 0.4) is 0 Å². The Balaban J connectivity index is 2.02. The summed E-state index contributed by atoms with van der Waals surface area (Å²) < 4.78 is 18.6. The Morgan fingerprint density at radius 3 is 2.67 bits per heavy atom. The number of benzene rings is 1. The Morgan fingerprint density at radius 2 is 2.10 bits per heavy atom. The van der Waals surface area contributed by atoms with Crippen LogP contribution in [0.1, 0.15) is 26.7 Å². The van der Waals surface area contributed by atoms with Crippen molar-refractivity contribution in [1.82, 2.24) is 5.32 Å². The van der Waals surface area contributed by atoms with E-state index in [0.717, 1.165) is 51.4 Å². The number of rotatable bonds is 8. The fraction of sp³-hybridized carbons (Fsp3) is 0.647. The highest BCUT2D eigenvalue weighted by Crippen LogP contribution is 2.21. The molecule has 1 aromatic carbocycles. The van der Waals surface area contributed by atoms with Gasteiger partial charge in [-0.2, -0.15) is 0 Å². The first-order valence-corrected chi connectivity index (χ1v) is 8.06. The summed E-state index contributed by atoms with van der Waals surface area (Å²) in [6.07, 6.45) is 2.26. The van der Waals surface area contributed by atoms with E-state index in [2.05, 4.69) is 24.1 Å². The maximum atomic E-state index is 13.1. The van der Waals surface area contributed by atoms with E-state index in [-0.39, 0.29) is 5.82 Å². The van der Waals surface area contributed by atoms with Gasteiger partial charge in [0.2, 0.25) is 0 Å². The van der Waals surface area contributed by atoms with Crippen LogP contribution in [0, 0.1) is 11.7 Å². The molecule has 0 bridgehead atoms. The molecule has 1 heterocycles. The average molecular weight is 294 g/mol. The van der Waals surface area contributed by atoms with E-state index in [9.17, 15) is 4.39 Å². The minimum absolute atomic E-state index is 0.181. The van der Waals surface area contributed by atoms with Crippen molar-refractivity contribution >= 4 is 5.69 Å². The third-order valence-corrected chi connectivity index (χ3v) is 4.18. The number of nitrogens with zero attached hydrogens (tertiary/aromatic N) is 1. The van der Waals surface area contributed by atoms with Gasteiger partial charge in [-0.1, -0.05) is 6.92 Å². The molecule has 1 aliphatic heterocycles. The normalized spacial score (nSPS) is 19.7. The number of hydrogen-bond donors (Lipinski definition) is 1. The van der Waals surface area contributed by atoms with Gasteiger partial charge in [0, 0.05) is 37.3 Å². The zero-order valence-electron chi connectivity index (χ0n) is 13.1. The number of ether oxygens (including phenoxy) is 1. The van der Waals surface area contributed by atoms with Gasteiger partial charge < -0.3 is 15.0 Å². The number of halogens is 1. The maximum Gasteiger partial charge on any atom is 0.123 e. The van der Waals surface area contributed by atoms with Gasteiger partial charge in [0.15, 0.2) is 0 Å². The molecule has 0 spiro atoms. The second-order valence-electron chi connectivity index (χ2n) is 5.70. The van der Waals surface area contributed by atoms with Crippen molar-refractivity contribution in [2.45, 2.75) is 32.7 Å². The summed E-state index contributed by atoms with van der Waals surface area (Å²) in [4.78, 5) is 2.31. The quantitative estimate of drug-likeness (QED) is 0.797. The fourth-order valence-electron chi connectivity index (χ4n) is 2.89. The second kappa shape index (κ2) is 8.35. The molecule has 0 saturated carbocycles. The van der Waals surface area contributed by atoms with Crippen molar-refractivity contribution in [3.05, 3.63) is 30.1 Å².